The molecule has 2 amide bonds. The van der Waals surface area contributed by atoms with Crippen LogP contribution >= 0.6 is 0 Å². The molecule has 0 saturated heterocycles. The number of amides is 2. The summed E-state index contributed by atoms with van der Waals surface area (Å²) in [5.41, 5.74) is 1.92. The third-order valence-electron chi connectivity index (χ3n) is 6.54. The van der Waals surface area contributed by atoms with Crippen LogP contribution in [0.1, 0.15) is 52.0 Å². The number of fused-ring (bicyclic) bond motifs is 1. The molecule has 0 aliphatic heterocycles. The van der Waals surface area contributed by atoms with Crippen LogP contribution in [0, 0.1) is 17.8 Å². The van der Waals surface area contributed by atoms with E-state index in [4.69, 9.17) is 4.74 Å². The molecule has 1 aliphatic carbocycles. The zero-order chi connectivity index (χ0) is 23.3. The first-order valence-corrected chi connectivity index (χ1v) is 11.5. The van der Waals surface area contributed by atoms with Crippen molar-refractivity contribution in [2.45, 2.75) is 65.0 Å². The van der Waals surface area contributed by atoms with Crippen molar-refractivity contribution in [3.63, 3.8) is 0 Å². The number of H-pyrrole nitrogens is 1. The smallest absolute Gasteiger partial charge is 0.328 e. The van der Waals surface area contributed by atoms with E-state index >= 15 is 0 Å². The Kier molecular flexibility index (Phi) is 7.94. The largest absolute Gasteiger partial charge is 0.467 e. The van der Waals surface area contributed by atoms with E-state index < -0.39 is 18.1 Å². The highest BCUT2D eigenvalue weighted by Gasteiger charge is 2.32. The van der Waals surface area contributed by atoms with E-state index in [1.54, 1.807) is 0 Å². The van der Waals surface area contributed by atoms with Crippen molar-refractivity contribution in [1.82, 2.24) is 15.6 Å². The lowest BCUT2D eigenvalue weighted by Crippen LogP contribution is -2.55. The Morgan fingerprint density at radius 1 is 1.09 bits per heavy atom. The number of para-hydroxylation sites is 1. The highest BCUT2D eigenvalue weighted by atomic mass is 16.5. The number of hydrogen-bond donors (Lipinski definition) is 3. The van der Waals surface area contributed by atoms with Gasteiger partial charge in [0.05, 0.1) is 7.11 Å². The van der Waals surface area contributed by atoms with Crippen molar-refractivity contribution in [2.24, 2.45) is 17.8 Å². The molecule has 0 bridgehead atoms. The summed E-state index contributed by atoms with van der Waals surface area (Å²) >= 11 is 0. The van der Waals surface area contributed by atoms with Gasteiger partial charge in [-0.2, -0.15) is 0 Å². The number of carbonyl (C=O) groups is 3. The third-order valence-corrected chi connectivity index (χ3v) is 6.54. The Balaban J connectivity index is 1.80. The fourth-order valence-electron chi connectivity index (χ4n) is 4.42. The Labute approximate surface area is 189 Å². The molecule has 1 heterocycles. The van der Waals surface area contributed by atoms with E-state index in [-0.39, 0.29) is 23.7 Å². The molecule has 32 heavy (non-hydrogen) atoms. The maximum atomic E-state index is 13.3. The summed E-state index contributed by atoms with van der Waals surface area (Å²) in [6, 6.07) is 6.30. The Hall–Kier alpha value is -2.83. The quantitative estimate of drug-likeness (QED) is 0.547. The first-order valence-electron chi connectivity index (χ1n) is 11.5. The standard InChI is InChI=1S/C25H35N3O4/c1-15(2)22(25(31)32-4)28-24(30)21(27-23(29)17-11-9-16(3)10-12-17)13-18-14-26-20-8-6-5-7-19(18)20/h5-8,14-17,21-22,26H,9-13H2,1-4H3,(H,27,29)(H,28,30)/t16?,17?,21-,22+/m1/s1. The number of carbonyl (C=O) groups excluding carboxylic acids is 3. The van der Waals surface area contributed by atoms with Gasteiger partial charge < -0.3 is 20.4 Å². The number of rotatable bonds is 8. The minimum absolute atomic E-state index is 0.0778. The summed E-state index contributed by atoms with van der Waals surface area (Å²) in [7, 11) is 1.30. The van der Waals surface area contributed by atoms with Gasteiger partial charge in [0.15, 0.2) is 0 Å². The topological polar surface area (TPSA) is 100 Å². The van der Waals surface area contributed by atoms with E-state index in [1.165, 1.54) is 7.11 Å². The van der Waals surface area contributed by atoms with E-state index in [2.05, 4.69) is 22.5 Å². The van der Waals surface area contributed by atoms with Gasteiger partial charge in [0.25, 0.3) is 0 Å². The predicted octanol–water partition coefficient (Wildman–Crippen LogP) is 3.34. The molecule has 0 radical (unpaired) electrons. The highest BCUT2D eigenvalue weighted by molar-refractivity contribution is 5.92. The lowest BCUT2D eigenvalue weighted by Gasteiger charge is -2.28. The highest BCUT2D eigenvalue weighted by Crippen LogP contribution is 2.28. The molecule has 1 aliphatic rings. The molecule has 2 atom stereocenters. The van der Waals surface area contributed by atoms with Crippen LogP contribution < -0.4 is 10.6 Å². The number of benzene rings is 1. The fourth-order valence-corrected chi connectivity index (χ4v) is 4.42. The van der Waals surface area contributed by atoms with Crippen LogP contribution in [0.15, 0.2) is 30.5 Å². The summed E-state index contributed by atoms with van der Waals surface area (Å²) in [5, 5.41) is 6.81. The number of ether oxygens (including phenoxy) is 1. The maximum Gasteiger partial charge on any atom is 0.328 e. The molecule has 0 unspecified atom stereocenters. The fraction of sp³-hybridized carbons (Fsp3) is 0.560. The average molecular weight is 442 g/mol. The number of esters is 1. The number of methoxy groups -OCH3 is 1. The summed E-state index contributed by atoms with van der Waals surface area (Å²) in [6.07, 6.45) is 5.93. The molecule has 1 aromatic heterocycles. The molecule has 1 saturated carbocycles. The van der Waals surface area contributed by atoms with E-state index in [0.29, 0.717) is 12.3 Å². The third kappa shape index (κ3) is 5.69. The molecule has 3 rings (SSSR count). The molecule has 174 valence electrons. The van der Waals surface area contributed by atoms with Crippen molar-refractivity contribution in [3.8, 4) is 0 Å². The van der Waals surface area contributed by atoms with Gasteiger partial charge in [-0.15, -0.1) is 0 Å². The van der Waals surface area contributed by atoms with Crippen LogP contribution in [-0.4, -0.2) is 42.0 Å². The lowest BCUT2D eigenvalue weighted by atomic mass is 9.82. The zero-order valence-electron chi connectivity index (χ0n) is 19.4. The van der Waals surface area contributed by atoms with Gasteiger partial charge in [0.1, 0.15) is 12.1 Å². The molecular weight excluding hydrogens is 406 g/mol. The molecule has 3 N–H and O–H groups in total. The van der Waals surface area contributed by atoms with Gasteiger partial charge >= 0.3 is 5.97 Å². The summed E-state index contributed by atoms with van der Waals surface area (Å²) in [6.45, 7) is 5.90. The Morgan fingerprint density at radius 3 is 2.44 bits per heavy atom. The van der Waals surface area contributed by atoms with Crippen molar-refractivity contribution in [1.29, 1.82) is 0 Å². The van der Waals surface area contributed by atoms with Crippen LogP contribution in [0.4, 0.5) is 0 Å². The van der Waals surface area contributed by atoms with Gasteiger partial charge in [-0.05, 0) is 49.1 Å². The van der Waals surface area contributed by atoms with Crippen molar-refractivity contribution in [3.05, 3.63) is 36.0 Å². The normalized spacial score (nSPS) is 20.5. The van der Waals surface area contributed by atoms with Gasteiger partial charge in [-0.3, -0.25) is 9.59 Å². The van der Waals surface area contributed by atoms with Crippen molar-refractivity contribution >= 4 is 28.7 Å². The number of hydrogen-bond acceptors (Lipinski definition) is 4. The van der Waals surface area contributed by atoms with Gasteiger partial charge in [-0.1, -0.05) is 39.0 Å². The van der Waals surface area contributed by atoms with Crippen LogP contribution in [0.5, 0.6) is 0 Å². The molecule has 7 nitrogen and oxygen atoms in total. The summed E-state index contributed by atoms with van der Waals surface area (Å²) in [5.74, 6) is -0.544. The van der Waals surface area contributed by atoms with Crippen LogP contribution in [0.25, 0.3) is 10.9 Å². The van der Waals surface area contributed by atoms with Crippen molar-refractivity contribution < 1.29 is 19.1 Å². The van der Waals surface area contributed by atoms with E-state index in [1.807, 2.05) is 44.3 Å². The summed E-state index contributed by atoms with van der Waals surface area (Å²) in [4.78, 5) is 41.7. The van der Waals surface area contributed by atoms with Crippen molar-refractivity contribution in [2.75, 3.05) is 7.11 Å². The predicted molar refractivity (Wildman–Crippen MR) is 124 cm³/mol. The van der Waals surface area contributed by atoms with Crippen LogP contribution in [0.3, 0.4) is 0 Å². The van der Waals surface area contributed by atoms with E-state index in [9.17, 15) is 14.4 Å². The minimum atomic E-state index is -0.785. The second-order valence-electron chi connectivity index (χ2n) is 9.34. The maximum absolute atomic E-state index is 13.3. The van der Waals surface area contributed by atoms with Gasteiger partial charge in [0, 0.05) is 29.4 Å². The van der Waals surface area contributed by atoms with E-state index in [0.717, 1.165) is 42.1 Å². The molecule has 1 fully saturated rings. The molecule has 1 aromatic carbocycles. The lowest BCUT2D eigenvalue weighted by molar-refractivity contribution is -0.146. The number of aromatic nitrogens is 1. The first kappa shape index (κ1) is 23.8. The molecule has 7 heteroatoms. The molecule has 0 spiro atoms. The van der Waals surface area contributed by atoms with Gasteiger partial charge in [-0.25, -0.2) is 4.79 Å². The zero-order valence-corrected chi connectivity index (χ0v) is 19.4. The molecular formula is C25H35N3O4. The summed E-state index contributed by atoms with van der Waals surface area (Å²) < 4.78 is 4.86. The van der Waals surface area contributed by atoms with Gasteiger partial charge in [0.2, 0.25) is 11.8 Å². The first-order chi connectivity index (χ1) is 15.3. The van der Waals surface area contributed by atoms with Crippen LogP contribution in [0.2, 0.25) is 0 Å². The second-order valence-corrected chi connectivity index (χ2v) is 9.34. The number of nitrogens with one attached hydrogen (secondary N) is 3. The Bertz CT molecular complexity index is 944. The number of aromatic amines is 1. The Morgan fingerprint density at radius 2 is 1.78 bits per heavy atom. The average Bonchev–Trinajstić information content (AvgIpc) is 3.19. The molecule has 2 aromatic rings. The van der Waals surface area contributed by atoms with Crippen LogP contribution in [-0.2, 0) is 25.5 Å². The monoisotopic (exact) mass is 441 g/mol. The second kappa shape index (κ2) is 10.7. The SMILES string of the molecule is COC(=O)[C@@H](NC(=O)[C@@H](Cc1c[nH]c2ccccc12)NC(=O)C1CCC(C)CC1)C(C)C. The minimum Gasteiger partial charge on any atom is -0.467 e.